The summed E-state index contributed by atoms with van der Waals surface area (Å²) in [6, 6.07) is 17.5. The van der Waals surface area contributed by atoms with E-state index in [4.69, 9.17) is 0 Å². The maximum Gasteiger partial charge on any atom is 0.181 e. The number of pyridine rings is 4. The van der Waals surface area contributed by atoms with Crippen LogP contribution in [0.1, 0.15) is 113 Å². The monoisotopic (exact) mass is 1230 g/mol. The molecule has 0 bridgehead atoms. The van der Waals surface area contributed by atoms with Crippen molar-refractivity contribution in [2.75, 3.05) is 0 Å². The van der Waals surface area contributed by atoms with Gasteiger partial charge in [0.2, 0.25) is 0 Å². The third-order valence-corrected chi connectivity index (χ3v) is 32.5. The van der Waals surface area contributed by atoms with E-state index in [-0.39, 0.29) is 34.6 Å². The summed E-state index contributed by atoms with van der Waals surface area (Å²) in [5.41, 5.74) is 0.560. The second kappa shape index (κ2) is 28.1. The summed E-state index contributed by atoms with van der Waals surface area (Å²) in [7, 11) is -6.80. The van der Waals surface area contributed by atoms with Crippen molar-refractivity contribution in [2.24, 2.45) is 4.40 Å². The molecule has 4 aromatic heterocycles. The standard InChI is InChI=1S/C17H28BrFN2OSSi.C13H19BrFNOSi.C11H17BrFNSi.C5H3BrFN/c1-8-24(9-2,10-3)13-11-14(18)20-16(15(13)19)12(4)21-23(22)17(5,6)7;1-5-18(6-2,7-3)10-8-11(14)16-13(9(4)17)12(10)15;1-4-15(5-2,6-3)10-7-11(12)14-8-9(10)13;6-5-2-1-4(7)3-8-5/h11H,8-10H2,1-7H3;8H,5-7H2,1-4H3;7-8H,4-6H2,1-3H3;1-3H/t23-;;;/m1.../s1. The minimum atomic E-state index is -1.90. The lowest BCUT2D eigenvalue weighted by Gasteiger charge is -2.29. The molecule has 0 saturated heterocycles. The molecule has 7 nitrogen and oxygen atoms in total. The molecule has 4 heterocycles. The van der Waals surface area contributed by atoms with Gasteiger partial charge in [-0.25, -0.2) is 41.7 Å². The summed E-state index contributed by atoms with van der Waals surface area (Å²) in [5.74, 6) is -1.45. The summed E-state index contributed by atoms with van der Waals surface area (Å²) in [5, 5.41) is 2.46. The highest BCUT2D eigenvalue weighted by molar-refractivity contribution is 9.11. The number of carbonyl (C=O) groups excluding carboxylic acids is 1. The van der Waals surface area contributed by atoms with Gasteiger partial charge in [0.1, 0.15) is 58.2 Å². The summed E-state index contributed by atoms with van der Waals surface area (Å²) >= 11 is 13.1. The average Bonchev–Trinajstić information content (AvgIpc) is 3.27. The first kappa shape index (κ1) is 61.4. The lowest BCUT2D eigenvalue weighted by molar-refractivity contribution is 0.100. The van der Waals surface area contributed by atoms with Crippen molar-refractivity contribution >= 4 is 126 Å². The van der Waals surface area contributed by atoms with Crippen LogP contribution in [0.15, 0.2) is 65.5 Å². The van der Waals surface area contributed by atoms with Crippen LogP contribution < -0.4 is 15.6 Å². The first-order valence-electron chi connectivity index (χ1n) is 22.1. The number of halogens is 8. The summed E-state index contributed by atoms with van der Waals surface area (Å²) in [6.45, 7) is 27.9. The zero-order valence-corrected chi connectivity index (χ0v) is 50.6. The summed E-state index contributed by atoms with van der Waals surface area (Å²) < 4.78 is 74.1. The number of carbonyl (C=O) groups is 1. The minimum Gasteiger partial charge on any atom is -0.293 e. The SMILES string of the molecule is CC[Si](CC)(CC)c1cc(Br)nc(C(C)=N[S@](=O)C(C)(C)C)c1F.CC[Si](CC)(CC)c1cc(Br)nc(C(C)=O)c1F.CC[Si](CC)(CC)c1cc(Br)ncc1F.Fc1ccc(Br)nc1. The molecular weight excluding hydrogens is 1170 g/mol. The van der Waals surface area contributed by atoms with E-state index in [1.165, 1.54) is 19.2 Å². The highest BCUT2D eigenvalue weighted by Gasteiger charge is 2.36. The molecular formula is C46H67Br4F4N5O2SSi3. The fourth-order valence-corrected chi connectivity index (χ4v) is 21.3. The summed E-state index contributed by atoms with van der Waals surface area (Å²) in [4.78, 5) is 27.2. The molecule has 19 heteroatoms. The van der Waals surface area contributed by atoms with Gasteiger partial charge in [0.15, 0.2) is 11.6 Å². The van der Waals surface area contributed by atoms with E-state index in [0.29, 0.717) is 19.5 Å². The molecule has 0 fully saturated rings. The van der Waals surface area contributed by atoms with Gasteiger partial charge in [-0.3, -0.25) is 4.79 Å². The number of hydrogen-bond donors (Lipinski definition) is 0. The second-order valence-corrected chi connectivity index (χ2v) is 37.5. The Bertz CT molecular complexity index is 2180. The van der Waals surface area contributed by atoms with Crippen LogP contribution in [0.5, 0.6) is 0 Å². The average molecular weight is 1230 g/mol. The predicted octanol–water partition coefficient (Wildman–Crippen LogP) is 14.6. The molecule has 0 aliphatic heterocycles. The van der Waals surface area contributed by atoms with Crippen LogP contribution in [0.4, 0.5) is 17.6 Å². The van der Waals surface area contributed by atoms with Crippen molar-refractivity contribution in [3.05, 3.63) is 95.8 Å². The van der Waals surface area contributed by atoms with Crippen molar-refractivity contribution in [3.8, 4) is 0 Å². The van der Waals surface area contributed by atoms with Crippen LogP contribution in [0.2, 0.25) is 54.4 Å². The van der Waals surface area contributed by atoms with Crippen LogP contribution in [0.25, 0.3) is 0 Å². The number of rotatable bonds is 15. The van der Waals surface area contributed by atoms with E-state index >= 15 is 4.39 Å². The van der Waals surface area contributed by atoms with Crippen molar-refractivity contribution in [3.63, 3.8) is 0 Å². The highest BCUT2D eigenvalue weighted by Crippen LogP contribution is 2.27. The van der Waals surface area contributed by atoms with E-state index in [2.05, 4.69) is 150 Å². The fraction of sp³-hybridized carbons (Fsp3) is 0.522. The van der Waals surface area contributed by atoms with Gasteiger partial charge in [-0.15, -0.1) is 0 Å². The maximum absolute atomic E-state index is 15.3. The van der Waals surface area contributed by atoms with Crippen molar-refractivity contribution < 1.29 is 26.6 Å². The first-order chi connectivity index (χ1) is 30.3. The molecule has 0 aliphatic carbocycles. The van der Waals surface area contributed by atoms with Crippen LogP contribution >= 0.6 is 63.7 Å². The molecule has 0 aromatic carbocycles. The Kier molecular flexibility index (Phi) is 26.6. The zero-order chi connectivity index (χ0) is 50.1. The smallest absolute Gasteiger partial charge is 0.181 e. The van der Waals surface area contributed by atoms with Gasteiger partial charge in [-0.05, 0) is 137 Å². The highest BCUT2D eigenvalue weighted by atomic mass is 79.9. The van der Waals surface area contributed by atoms with E-state index < -0.39 is 45.8 Å². The Morgan fingerprint density at radius 2 is 0.954 bits per heavy atom. The Labute approximate surface area is 425 Å². The van der Waals surface area contributed by atoms with Gasteiger partial charge in [0.25, 0.3) is 0 Å². The second-order valence-electron chi connectivity index (χ2n) is 16.7. The van der Waals surface area contributed by atoms with E-state index in [1.807, 2.05) is 32.9 Å². The molecule has 0 spiro atoms. The molecule has 0 amide bonds. The van der Waals surface area contributed by atoms with E-state index in [9.17, 15) is 22.2 Å². The van der Waals surface area contributed by atoms with Crippen molar-refractivity contribution in [1.29, 1.82) is 0 Å². The lowest BCUT2D eigenvalue weighted by Crippen LogP contribution is -2.48. The van der Waals surface area contributed by atoms with Crippen molar-refractivity contribution in [2.45, 2.75) is 156 Å². The molecule has 0 unspecified atom stereocenters. The van der Waals surface area contributed by atoms with Crippen LogP contribution in [0, 0.1) is 23.3 Å². The normalized spacial score (nSPS) is 12.6. The molecule has 362 valence electrons. The van der Waals surface area contributed by atoms with Gasteiger partial charge < -0.3 is 0 Å². The van der Waals surface area contributed by atoms with Gasteiger partial charge in [0, 0.05) is 6.92 Å². The largest absolute Gasteiger partial charge is 0.293 e. The van der Waals surface area contributed by atoms with Crippen LogP contribution in [-0.4, -0.2) is 64.6 Å². The number of hydrogen-bond acceptors (Lipinski definition) is 6. The summed E-state index contributed by atoms with van der Waals surface area (Å²) in [6.07, 6.45) is 2.49. The molecule has 65 heavy (non-hydrogen) atoms. The van der Waals surface area contributed by atoms with Gasteiger partial charge >= 0.3 is 0 Å². The molecule has 1 atom stereocenters. The molecule has 0 aliphatic rings. The molecule has 4 aromatic rings. The fourth-order valence-electron chi connectivity index (χ4n) is 7.69. The minimum absolute atomic E-state index is 0.0356. The van der Waals surface area contributed by atoms with E-state index in [1.54, 1.807) is 19.1 Å². The third kappa shape index (κ3) is 16.8. The molecule has 4 rings (SSSR count). The van der Waals surface area contributed by atoms with Gasteiger partial charge in [-0.1, -0.05) is 117 Å². The van der Waals surface area contributed by atoms with Gasteiger partial charge in [-0.2, -0.15) is 4.40 Å². The zero-order valence-electron chi connectivity index (χ0n) is 40.4. The molecule has 0 N–H and O–H groups in total. The number of ketones is 1. The number of nitrogens with zero attached hydrogens (tertiary/aromatic N) is 5. The predicted molar refractivity (Wildman–Crippen MR) is 288 cm³/mol. The first-order valence-corrected chi connectivity index (χ1v) is 34.3. The Morgan fingerprint density at radius 3 is 1.31 bits per heavy atom. The Balaban J connectivity index is 0.000000458. The maximum atomic E-state index is 15.3. The topological polar surface area (TPSA) is 98.1 Å². The van der Waals surface area contributed by atoms with Crippen LogP contribution in [0.3, 0.4) is 0 Å². The number of aromatic nitrogens is 4. The Hall–Kier alpha value is -1.62. The van der Waals surface area contributed by atoms with Crippen molar-refractivity contribution in [1.82, 2.24) is 19.9 Å². The number of Topliss-reactive ketones (excluding diaryl/α,β-unsaturated/α-hetero) is 1. The molecule has 0 saturated carbocycles. The lowest BCUT2D eigenvalue weighted by atomic mass is 10.2. The molecule has 0 radical (unpaired) electrons. The Morgan fingerprint density at radius 1 is 0.585 bits per heavy atom. The van der Waals surface area contributed by atoms with Gasteiger partial charge in [0.05, 0.1) is 47.1 Å². The quantitative estimate of drug-likeness (QED) is 0.0387. The van der Waals surface area contributed by atoms with Crippen LogP contribution in [-0.2, 0) is 11.0 Å². The van der Waals surface area contributed by atoms with E-state index in [0.717, 1.165) is 80.8 Å². The third-order valence-electron chi connectivity index (χ3n) is 12.6.